The van der Waals surface area contributed by atoms with Gasteiger partial charge in [0.15, 0.2) is 0 Å². The lowest BCUT2D eigenvalue weighted by Gasteiger charge is -2.20. The van der Waals surface area contributed by atoms with Crippen molar-refractivity contribution in [3.05, 3.63) is 123 Å². The van der Waals surface area contributed by atoms with Crippen molar-refractivity contribution < 1.29 is 0 Å². The molecule has 0 aliphatic carbocycles. The highest BCUT2D eigenvalue weighted by Gasteiger charge is 2.21. The van der Waals surface area contributed by atoms with Crippen molar-refractivity contribution in [2.24, 2.45) is 14.1 Å². The van der Waals surface area contributed by atoms with Crippen LogP contribution in [0.15, 0.2) is 90.1 Å². The first-order chi connectivity index (χ1) is 16.5. The summed E-state index contributed by atoms with van der Waals surface area (Å²) in [6, 6.07) is 25.2. The minimum atomic E-state index is -0.0986. The van der Waals surface area contributed by atoms with Crippen LogP contribution >= 0.6 is 11.6 Å². The fraction of sp³-hybridized carbons (Fsp3) is 0.107. The molecular weight excluding hydrogens is 444 g/mol. The third-order valence-corrected chi connectivity index (χ3v) is 6.51. The second kappa shape index (κ2) is 8.66. The Morgan fingerprint density at radius 3 is 2.44 bits per heavy atom. The highest BCUT2D eigenvalue weighted by atomic mass is 35.5. The van der Waals surface area contributed by atoms with E-state index in [-0.39, 0.29) is 11.5 Å². The third-order valence-electron chi connectivity index (χ3n) is 6.26. The van der Waals surface area contributed by atoms with E-state index in [9.17, 15) is 10.1 Å². The van der Waals surface area contributed by atoms with Crippen LogP contribution in [0.2, 0.25) is 5.02 Å². The summed E-state index contributed by atoms with van der Waals surface area (Å²) in [5, 5.41) is 11.0. The van der Waals surface area contributed by atoms with Crippen LogP contribution in [0.5, 0.6) is 0 Å². The Morgan fingerprint density at radius 2 is 1.74 bits per heavy atom. The van der Waals surface area contributed by atoms with Crippen molar-refractivity contribution in [1.82, 2.24) is 14.1 Å². The van der Waals surface area contributed by atoms with Gasteiger partial charge in [0.1, 0.15) is 0 Å². The fourth-order valence-corrected chi connectivity index (χ4v) is 4.61. The number of pyridine rings is 1. The van der Waals surface area contributed by atoms with Crippen LogP contribution in [-0.4, -0.2) is 14.1 Å². The molecule has 0 fully saturated rings. The van der Waals surface area contributed by atoms with Gasteiger partial charge in [0.05, 0.1) is 29.4 Å². The first kappa shape index (κ1) is 21.7. The Kier molecular flexibility index (Phi) is 5.53. The molecule has 0 bridgehead atoms. The maximum absolute atomic E-state index is 12.8. The normalized spacial score (nSPS) is 11.9. The lowest BCUT2D eigenvalue weighted by Crippen LogP contribution is -2.16. The molecule has 0 saturated heterocycles. The van der Waals surface area contributed by atoms with Gasteiger partial charge in [-0.25, -0.2) is 4.98 Å². The number of rotatable bonds is 4. The maximum atomic E-state index is 12.8. The van der Waals surface area contributed by atoms with E-state index in [0.29, 0.717) is 10.6 Å². The molecule has 5 rings (SSSR count). The number of hydrogen-bond acceptors (Lipinski definition) is 3. The van der Waals surface area contributed by atoms with Gasteiger partial charge in [-0.1, -0.05) is 41.9 Å². The molecule has 0 unspecified atom stereocenters. The molecule has 5 nitrogen and oxygen atoms in total. The molecule has 166 valence electrons. The van der Waals surface area contributed by atoms with Crippen LogP contribution in [0.1, 0.15) is 28.3 Å². The van der Waals surface area contributed by atoms with Gasteiger partial charge in [0, 0.05) is 42.5 Å². The summed E-state index contributed by atoms with van der Waals surface area (Å²) in [4.78, 5) is 17.1. The van der Waals surface area contributed by atoms with Crippen LogP contribution < -0.4 is 5.56 Å². The highest BCUT2D eigenvalue weighted by molar-refractivity contribution is 6.30. The summed E-state index contributed by atoms with van der Waals surface area (Å²) in [6.45, 7) is 0. The number of nitrogens with zero attached hydrogens (tertiary/aromatic N) is 4. The van der Waals surface area contributed by atoms with Gasteiger partial charge in [-0.15, -0.1) is 0 Å². The summed E-state index contributed by atoms with van der Waals surface area (Å²) in [5.74, 6) is -0.0790. The van der Waals surface area contributed by atoms with E-state index >= 15 is 0 Å². The van der Waals surface area contributed by atoms with Gasteiger partial charge in [0.25, 0.3) is 5.56 Å². The average molecular weight is 465 g/mol. The molecule has 0 amide bonds. The summed E-state index contributed by atoms with van der Waals surface area (Å²) in [7, 11) is 3.76. The van der Waals surface area contributed by atoms with Crippen LogP contribution in [0.3, 0.4) is 0 Å². The zero-order valence-corrected chi connectivity index (χ0v) is 19.5. The van der Waals surface area contributed by atoms with Crippen molar-refractivity contribution in [2.45, 2.75) is 5.92 Å². The zero-order valence-electron chi connectivity index (χ0n) is 18.7. The molecule has 0 spiro atoms. The smallest absolute Gasteiger partial charge is 0.251 e. The van der Waals surface area contributed by atoms with E-state index in [2.05, 4.69) is 23.2 Å². The van der Waals surface area contributed by atoms with Gasteiger partial charge in [-0.2, -0.15) is 5.26 Å². The summed E-state index contributed by atoms with van der Waals surface area (Å²) in [5.41, 5.74) is 6.11. The van der Waals surface area contributed by atoms with Crippen molar-refractivity contribution in [2.75, 3.05) is 0 Å². The molecule has 0 aliphatic heterocycles. The molecule has 0 radical (unpaired) electrons. The first-order valence-electron chi connectivity index (χ1n) is 10.8. The number of hydrogen-bond donors (Lipinski definition) is 0. The summed E-state index contributed by atoms with van der Waals surface area (Å²) in [6.07, 6.45) is 3.67. The number of imidazole rings is 1. The Hall–Kier alpha value is -4.14. The average Bonchev–Trinajstić information content (AvgIpc) is 3.28. The summed E-state index contributed by atoms with van der Waals surface area (Å²) >= 11 is 6.17. The lowest BCUT2D eigenvalue weighted by molar-refractivity contribution is 0.793. The second-order valence-corrected chi connectivity index (χ2v) is 8.77. The Morgan fingerprint density at radius 1 is 0.971 bits per heavy atom. The molecule has 2 heterocycles. The molecule has 2 aromatic heterocycles. The van der Waals surface area contributed by atoms with Crippen molar-refractivity contribution in [3.63, 3.8) is 0 Å². The monoisotopic (exact) mass is 464 g/mol. The Balaban J connectivity index is 1.79. The first-order valence-corrected chi connectivity index (χ1v) is 11.2. The van der Waals surface area contributed by atoms with Crippen molar-refractivity contribution in [1.29, 1.82) is 5.26 Å². The number of aryl methyl sites for hydroxylation is 2. The number of fused-ring (bicyclic) bond motifs is 1. The molecule has 3 aromatic carbocycles. The molecule has 34 heavy (non-hydrogen) atoms. The molecule has 0 aliphatic rings. The van der Waals surface area contributed by atoms with Crippen LogP contribution in [0, 0.1) is 11.3 Å². The Bertz CT molecular complexity index is 1620. The van der Waals surface area contributed by atoms with Crippen molar-refractivity contribution >= 4 is 22.5 Å². The molecular formula is C28H21ClN4O. The van der Waals surface area contributed by atoms with Crippen LogP contribution in [0.4, 0.5) is 0 Å². The SMILES string of the molecule is Cn1cncc1[C@@H](c1ccc(Cl)cc1)c1ccc2c(c1)c(-c1cccc(C#N)c1)cc(=O)n2C. The molecule has 6 heteroatoms. The predicted octanol–water partition coefficient (Wildman–Crippen LogP) is 5.64. The van der Waals surface area contributed by atoms with E-state index in [0.717, 1.165) is 38.9 Å². The molecule has 5 aromatic rings. The quantitative estimate of drug-likeness (QED) is 0.345. The minimum absolute atomic E-state index is 0.0790. The highest BCUT2D eigenvalue weighted by Crippen LogP contribution is 2.36. The van der Waals surface area contributed by atoms with Gasteiger partial charge < -0.3 is 9.13 Å². The predicted molar refractivity (Wildman–Crippen MR) is 135 cm³/mol. The number of aromatic nitrogens is 3. The Labute approximate surface area is 202 Å². The number of benzene rings is 3. The van der Waals surface area contributed by atoms with E-state index in [1.165, 1.54) is 0 Å². The fourth-order valence-electron chi connectivity index (χ4n) is 4.49. The van der Waals surface area contributed by atoms with Gasteiger partial charge >= 0.3 is 0 Å². The number of halogens is 1. The molecule has 1 atom stereocenters. The molecule has 0 N–H and O–H groups in total. The topological polar surface area (TPSA) is 63.6 Å². The largest absolute Gasteiger partial charge is 0.337 e. The lowest BCUT2D eigenvalue weighted by atomic mass is 9.87. The minimum Gasteiger partial charge on any atom is -0.337 e. The second-order valence-electron chi connectivity index (χ2n) is 8.34. The summed E-state index contributed by atoms with van der Waals surface area (Å²) < 4.78 is 3.67. The number of nitriles is 1. The van der Waals surface area contributed by atoms with Gasteiger partial charge in [-0.05, 0) is 58.7 Å². The van der Waals surface area contributed by atoms with Gasteiger partial charge in [0.2, 0.25) is 0 Å². The zero-order chi connectivity index (χ0) is 23.8. The van der Waals surface area contributed by atoms with E-state index in [4.69, 9.17) is 11.6 Å². The van der Waals surface area contributed by atoms with E-state index in [1.54, 1.807) is 30.1 Å². The third kappa shape index (κ3) is 3.79. The van der Waals surface area contributed by atoms with Crippen LogP contribution in [-0.2, 0) is 14.1 Å². The van der Waals surface area contributed by atoms with Crippen LogP contribution in [0.25, 0.3) is 22.0 Å². The van der Waals surface area contributed by atoms with E-state index in [1.807, 2.05) is 66.3 Å². The molecule has 0 saturated carbocycles. The van der Waals surface area contributed by atoms with Gasteiger partial charge in [-0.3, -0.25) is 4.79 Å². The standard InChI is InChI=1S/C28H21ClN4O/c1-32-17-31-16-26(32)28(19-6-9-22(29)10-7-19)21-8-11-25-24(13-21)23(14-27(34)33(25)2)20-5-3-4-18(12-20)15-30/h3-14,16-17,28H,1-2H3/t28-/m0/s1. The van der Waals surface area contributed by atoms with E-state index < -0.39 is 0 Å². The van der Waals surface area contributed by atoms with Crippen molar-refractivity contribution in [3.8, 4) is 17.2 Å². The maximum Gasteiger partial charge on any atom is 0.251 e.